The van der Waals surface area contributed by atoms with Crippen molar-refractivity contribution in [1.29, 1.82) is 0 Å². The van der Waals surface area contributed by atoms with Crippen LogP contribution in [0.3, 0.4) is 0 Å². The molecule has 0 radical (unpaired) electrons. The summed E-state index contributed by atoms with van der Waals surface area (Å²) in [6, 6.07) is 10.7. The number of nitrogens with one attached hydrogen (secondary N) is 3. The number of nitrogens with zero attached hydrogens (tertiary/aromatic N) is 1. The fraction of sp³-hybridized carbons (Fsp3) is 0.318. The number of rotatable bonds is 8. The van der Waals surface area contributed by atoms with E-state index in [4.69, 9.17) is 9.47 Å². The summed E-state index contributed by atoms with van der Waals surface area (Å²) in [6.45, 7) is 3.84. The lowest BCUT2D eigenvalue weighted by atomic mass is 10.1. The molecular formula is C22H27FN4O2. The van der Waals surface area contributed by atoms with Crippen molar-refractivity contribution in [2.75, 3.05) is 27.3 Å². The Kier molecular flexibility index (Phi) is 6.94. The third-order valence-corrected chi connectivity index (χ3v) is 4.63. The molecule has 1 heterocycles. The standard InChI is InChI=1S/C22H27FN4O2/c1-4-29-21-11-15(5-8-20(21)28-3)13-27-22(24-2)25-10-9-16-14-26-19-12-17(23)6-7-18(16)19/h5-8,11-12,14,26H,4,9-10,13H2,1-3H3,(H2,24,25,27). The van der Waals surface area contributed by atoms with Gasteiger partial charge in [-0.1, -0.05) is 6.07 Å². The molecule has 29 heavy (non-hydrogen) atoms. The van der Waals surface area contributed by atoms with E-state index in [1.807, 2.05) is 37.4 Å². The quantitative estimate of drug-likeness (QED) is 0.400. The van der Waals surface area contributed by atoms with E-state index in [1.165, 1.54) is 12.1 Å². The number of fused-ring (bicyclic) bond motifs is 1. The summed E-state index contributed by atoms with van der Waals surface area (Å²) < 4.78 is 24.3. The van der Waals surface area contributed by atoms with Gasteiger partial charge in [-0.3, -0.25) is 4.99 Å². The van der Waals surface area contributed by atoms with Crippen molar-refractivity contribution in [2.24, 2.45) is 4.99 Å². The largest absolute Gasteiger partial charge is 0.493 e. The van der Waals surface area contributed by atoms with Crippen molar-refractivity contribution in [2.45, 2.75) is 19.9 Å². The Labute approximate surface area is 170 Å². The van der Waals surface area contributed by atoms with Crippen LogP contribution < -0.4 is 20.1 Å². The minimum atomic E-state index is -0.236. The predicted molar refractivity (Wildman–Crippen MR) is 114 cm³/mol. The molecule has 7 heteroatoms. The Morgan fingerprint density at radius 3 is 2.76 bits per heavy atom. The fourth-order valence-corrected chi connectivity index (χ4v) is 3.19. The average Bonchev–Trinajstić information content (AvgIpc) is 3.13. The van der Waals surface area contributed by atoms with Gasteiger partial charge in [-0.2, -0.15) is 0 Å². The Morgan fingerprint density at radius 1 is 1.14 bits per heavy atom. The summed E-state index contributed by atoms with van der Waals surface area (Å²) in [6.07, 6.45) is 2.72. The van der Waals surface area contributed by atoms with Gasteiger partial charge in [-0.05, 0) is 54.8 Å². The first-order valence-corrected chi connectivity index (χ1v) is 9.64. The number of aromatic amines is 1. The van der Waals surface area contributed by atoms with E-state index < -0.39 is 0 Å². The first-order chi connectivity index (χ1) is 14.1. The zero-order valence-corrected chi connectivity index (χ0v) is 17.0. The fourth-order valence-electron chi connectivity index (χ4n) is 3.19. The normalized spacial score (nSPS) is 11.5. The van der Waals surface area contributed by atoms with Gasteiger partial charge >= 0.3 is 0 Å². The molecule has 0 amide bonds. The van der Waals surface area contributed by atoms with Crippen LogP contribution in [0.5, 0.6) is 11.5 Å². The Balaban J connectivity index is 1.53. The van der Waals surface area contributed by atoms with Crippen LogP contribution in [-0.4, -0.2) is 38.3 Å². The summed E-state index contributed by atoms with van der Waals surface area (Å²) in [5.74, 6) is 1.93. The number of methoxy groups -OCH3 is 1. The van der Waals surface area contributed by atoms with E-state index in [0.29, 0.717) is 25.7 Å². The summed E-state index contributed by atoms with van der Waals surface area (Å²) in [4.78, 5) is 7.39. The van der Waals surface area contributed by atoms with E-state index in [-0.39, 0.29) is 5.82 Å². The number of ether oxygens (including phenoxy) is 2. The maximum Gasteiger partial charge on any atom is 0.191 e. The summed E-state index contributed by atoms with van der Waals surface area (Å²) >= 11 is 0. The number of aromatic nitrogens is 1. The topological polar surface area (TPSA) is 70.7 Å². The molecule has 3 N–H and O–H groups in total. The van der Waals surface area contributed by atoms with Crippen molar-refractivity contribution in [3.63, 3.8) is 0 Å². The molecule has 3 rings (SSSR count). The molecule has 0 saturated heterocycles. The maximum absolute atomic E-state index is 13.3. The third kappa shape index (κ3) is 5.19. The molecule has 0 aliphatic carbocycles. The number of hydrogen-bond donors (Lipinski definition) is 3. The molecule has 0 spiro atoms. The highest BCUT2D eigenvalue weighted by Gasteiger charge is 2.07. The zero-order chi connectivity index (χ0) is 20.6. The summed E-state index contributed by atoms with van der Waals surface area (Å²) in [7, 11) is 3.37. The number of guanidine groups is 1. The van der Waals surface area contributed by atoms with Crippen molar-refractivity contribution < 1.29 is 13.9 Å². The highest BCUT2D eigenvalue weighted by Crippen LogP contribution is 2.28. The van der Waals surface area contributed by atoms with Gasteiger partial charge in [0.25, 0.3) is 0 Å². The van der Waals surface area contributed by atoms with Crippen LogP contribution in [0.2, 0.25) is 0 Å². The van der Waals surface area contributed by atoms with Crippen LogP contribution in [0.1, 0.15) is 18.1 Å². The lowest BCUT2D eigenvalue weighted by molar-refractivity contribution is 0.310. The second-order valence-corrected chi connectivity index (χ2v) is 6.52. The lowest BCUT2D eigenvalue weighted by Gasteiger charge is -2.14. The van der Waals surface area contributed by atoms with Crippen LogP contribution in [0.15, 0.2) is 47.6 Å². The van der Waals surface area contributed by atoms with Crippen LogP contribution in [-0.2, 0) is 13.0 Å². The third-order valence-electron chi connectivity index (χ3n) is 4.63. The van der Waals surface area contributed by atoms with Gasteiger partial charge in [0.2, 0.25) is 0 Å². The van der Waals surface area contributed by atoms with Crippen LogP contribution in [0.4, 0.5) is 4.39 Å². The number of halogens is 1. The molecule has 0 aliphatic rings. The van der Waals surface area contributed by atoms with E-state index >= 15 is 0 Å². The highest BCUT2D eigenvalue weighted by molar-refractivity contribution is 5.83. The molecule has 0 saturated carbocycles. The molecule has 1 aromatic heterocycles. The molecule has 2 aromatic carbocycles. The summed E-state index contributed by atoms with van der Waals surface area (Å²) in [5, 5.41) is 7.65. The smallest absolute Gasteiger partial charge is 0.191 e. The van der Waals surface area contributed by atoms with Gasteiger partial charge < -0.3 is 25.1 Å². The Morgan fingerprint density at radius 2 is 2.00 bits per heavy atom. The second-order valence-electron chi connectivity index (χ2n) is 6.52. The number of hydrogen-bond acceptors (Lipinski definition) is 3. The monoisotopic (exact) mass is 398 g/mol. The van der Waals surface area contributed by atoms with Crippen molar-refractivity contribution >= 4 is 16.9 Å². The predicted octanol–water partition coefficient (Wildman–Crippen LogP) is 3.62. The molecule has 0 unspecified atom stereocenters. The lowest BCUT2D eigenvalue weighted by Crippen LogP contribution is -2.37. The molecule has 0 atom stereocenters. The molecule has 3 aromatic rings. The number of benzene rings is 2. The number of H-pyrrole nitrogens is 1. The van der Waals surface area contributed by atoms with E-state index in [9.17, 15) is 4.39 Å². The Bertz CT molecular complexity index is 984. The van der Waals surface area contributed by atoms with Crippen LogP contribution in [0.25, 0.3) is 10.9 Å². The van der Waals surface area contributed by atoms with E-state index in [2.05, 4.69) is 20.6 Å². The minimum Gasteiger partial charge on any atom is -0.493 e. The van der Waals surface area contributed by atoms with Gasteiger partial charge in [0, 0.05) is 37.2 Å². The van der Waals surface area contributed by atoms with Gasteiger partial charge in [0.1, 0.15) is 5.82 Å². The van der Waals surface area contributed by atoms with Crippen LogP contribution in [0, 0.1) is 5.82 Å². The Hall–Kier alpha value is -3.22. The zero-order valence-electron chi connectivity index (χ0n) is 17.0. The highest BCUT2D eigenvalue weighted by atomic mass is 19.1. The molecule has 6 nitrogen and oxygen atoms in total. The minimum absolute atomic E-state index is 0.236. The molecule has 154 valence electrons. The van der Waals surface area contributed by atoms with Crippen molar-refractivity contribution in [3.05, 3.63) is 59.5 Å². The SMILES string of the molecule is CCOc1cc(CNC(=NC)NCCc2c[nH]c3cc(F)ccc23)ccc1OC. The van der Waals surface area contributed by atoms with Crippen molar-refractivity contribution in [1.82, 2.24) is 15.6 Å². The second kappa shape index (κ2) is 9.82. The molecule has 0 bridgehead atoms. The first-order valence-electron chi connectivity index (χ1n) is 9.64. The van der Waals surface area contributed by atoms with Gasteiger partial charge in [-0.25, -0.2) is 4.39 Å². The van der Waals surface area contributed by atoms with Crippen molar-refractivity contribution in [3.8, 4) is 11.5 Å². The average molecular weight is 398 g/mol. The van der Waals surface area contributed by atoms with E-state index in [0.717, 1.165) is 39.9 Å². The molecule has 0 fully saturated rings. The number of aliphatic imine (C=N–C) groups is 1. The molecule has 0 aliphatic heterocycles. The summed E-state index contributed by atoms with van der Waals surface area (Å²) in [5.41, 5.74) is 3.02. The molecular weight excluding hydrogens is 371 g/mol. The maximum atomic E-state index is 13.3. The van der Waals surface area contributed by atoms with Gasteiger partial charge in [0.15, 0.2) is 17.5 Å². The first kappa shape index (κ1) is 20.5. The van der Waals surface area contributed by atoms with Gasteiger partial charge in [0.05, 0.1) is 13.7 Å². The van der Waals surface area contributed by atoms with Crippen LogP contribution >= 0.6 is 0 Å². The van der Waals surface area contributed by atoms with Gasteiger partial charge in [-0.15, -0.1) is 0 Å². The van der Waals surface area contributed by atoms with E-state index in [1.54, 1.807) is 14.2 Å².